The van der Waals surface area contributed by atoms with Gasteiger partial charge in [0.25, 0.3) is 0 Å². The highest BCUT2D eigenvalue weighted by Gasteiger charge is 2.30. The molecule has 1 unspecified atom stereocenters. The number of aryl methyl sites for hydroxylation is 1. The molecular weight excluding hydrogens is 499 g/mol. The van der Waals surface area contributed by atoms with Crippen molar-refractivity contribution in [2.75, 3.05) is 25.6 Å². The zero-order valence-corrected chi connectivity index (χ0v) is 22.2. The van der Waals surface area contributed by atoms with Crippen LogP contribution in [0, 0.1) is 6.92 Å². The van der Waals surface area contributed by atoms with Crippen molar-refractivity contribution >= 4 is 22.7 Å². The monoisotopic (exact) mass is 533 g/mol. The molecule has 0 fully saturated rings. The average Bonchev–Trinajstić information content (AvgIpc) is 2.87. The predicted octanol–water partition coefficient (Wildman–Crippen LogP) is 7.03. The van der Waals surface area contributed by atoms with Crippen LogP contribution in [-0.2, 0) is 15.7 Å². The van der Waals surface area contributed by atoms with E-state index in [1.165, 1.54) is 6.07 Å². The zero-order chi connectivity index (χ0) is 27.7. The number of carbonyl (C=O) groups is 1. The first-order valence-electron chi connectivity index (χ1n) is 12.7. The smallest absolute Gasteiger partial charge is 0.416 e. The van der Waals surface area contributed by atoms with Gasteiger partial charge in [0.2, 0.25) is 0 Å². The Labute approximate surface area is 220 Å². The molecule has 38 heavy (non-hydrogen) atoms. The second kappa shape index (κ2) is 13.3. The Morgan fingerprint density at radius 2 is 1.82 bits per heavy atom. The van der Waals surface area contributed by atoms with E-state index in [-0.39, 0.29) is 5.97 Å². The topological polar surface area (TPSA) is 82.6 Å². The van der Waals surface area contributed by atoms with E-state index in [1.807, 2.05) is 0 Å². The van der Waals surface area contributed by atoms with Gasteiger partial charge in [-0.3, -0.25) is 4.79 Å². The predicted molar refractivity (Wildman–Crippen MR) is 140 cm³/mol. The summed E-state index contributed by atoms with van der Waals surface area (Å²) in [6, 6.07) is 8.33. The number of fused-ring (bicyclic) bond motifs is 1. The number of alkyl halides is 3. The van der Waals surface area contributed by atoms with Gasteiger partial charge >= 0.3 is 12.1 Å². The molecule has 1 heterocycles. The van der Waals surface area contributed by atoms with Crippen LogP contribution < -0.4 is 14.8 Å². The number of nitrogens with zero attached hydrogens (tertiary/aromatic N) is 2. The molecule has 10 heteroatoms. The Hall–Kier alpha value is -3.56. The molecule has 2 aromatic carbocycles. The highest BCUT2D eigenvalue weighted by Crippen LogP contribution is 2.36. The van der Waals surface area contributed by atoms with Crippen molar-refractivity contribution in [3.63, 3.8) is 0 Å². The molecule has 7 nitrogen and oxygen atoms in total. The van der Waals surface area contributed by atoms with Gasteiger partial charge in [-0.1, -0.05) is 25.0 Å². The van der Waals surface area contributed by atoms with Crippen LogP contribution in [-0.4, -0.2) is 36.3 Å². The molecule has 206 valence electrons. The van der Waals surface area contributed by atoms with Crippen molar-refractivity contribution in [2.45, 2.75) is 65.1 Å². The molecule has 0 aliphatic heterocycles. The van der Waals surface area contributed by atoms with Gasteiger partial charge in [0, 0.05) is 23.9 Å². The lowest BCUT2D eigenvalue weighted by molar-refractivity contribution is -0.143. The minimum absolute atomic E-state index is 0.172. The summed E-state index contributed by atoms with van der Waals surface area (Å²) >= 11 is 0. The first kappa shape index (κ1) is 29.0. The molecule has 0 saturated heterocycles. The number of carbonyl (C=O) groups excluding carboxylic acids is 1. The SMILES string of the molecule is CCOC(=O)CCCCCCOc1cc2c(NC(C)c3cccc(C(F)(F)F)c3)nc(C)nc2cc1OC. The van der Waals surface area contributed by atoms with Gasteiger partial charge in [0.15, 0.2) is 11.5 Å². The van der Waals surface area contributed by atoms with E-state index in [1.54, 1.807) is 46.1 Å². The summed E-state index contributed by atoms with van der Waals surface area (Å²) in [5.41, 5.74) is 0.408. The van der Waals surface area contributed by atoms with Crippen LogP contribution in [0.15, 0.2) is 36.4 Å². The van der Waals surface area contributed by atoms with Gasteiger partial charge in [-0.2, -0.15) is 13.2 Å². The number of nitrogens with one attached hydrogen (secondary N) is 1. The van der Waals surface area contributed by atoms with E-state index in [0.717, 1.165) is 37.8 Å². The Morgan fingerprint density at radius 1 is 1.05 bits per heavy atom. The van der Waals surface area contributed by atoms with Crippen LogP contribution in [0.2, 0.25) is 0 Å². The fraction of sp³-hybridized carbons (Fsp3) is 0.464. The Kier molecular flexibility index (Phi) is 10.2. The van der Waals surface area contributed by atoms with Crippen LogP contribution in [0.4, 0.5) is 19.0 Å². The largest absolute Gasteiger partial charge is 0.493 e. The standard InChI is InChI=1S/C28H34F3N3O4/c1-5-37-26(35)13-8-6-7-9-14-38-25-16-22-23(17-24(25)36-4)33-19(3)34-27(22)32-18(2)20-11-10-12-21(15-20)28(29,30)31/h10-12,15-18H,5-9,13-14H2,1-4H3,(H,32,33,34). The molecule has 0 aliphatic rings. The number of benzene rings is 2. The number of anilines is 1. The normalized spacial score (nSPS) is 12.3. The lowest BCUT2D eigenvalue weighted by Gasteiger charge is -2.19. The van der Waals surface area contributed by atoms with Gasteiger partial charge in [0.05, 0.1) is 31.4 Å². The summed E-state index contributed by atoms with van der Waals surface area (Å²) < 4.78 is 56.0. The second-order valence-corrected chi connectivity index (χ2v) is 8.95. The zero-order valence-electron chi connectivity index (χ0n) is 22.2. The quantitative estimate of drug-likeness (QED) is 0.187. The molecule has 0 bridgehead atoms. The van der Waals surface area contributed by atoms with Crippen molar-refractivity contribution in [1.82, 2.24) is 9.97 Å². The Morgan fingerprint density at radius 3 is 2.53 bits per heavy atom. The van der Waals surface area contributed by atoms with Crippen molar-refractivity contribution in [3.8, 4) is 11.5 Å². The number of hydrogen-bond donors (Lipinski definition) is 1. The third-order valence-electron chi connectivity index (χ3n) is 6.00. The summed E-state index contributed by atoms with van der Waals surface area (Å²) in [4.78, 5) is 20.4. The number of aromatic nitrogens is 2. The second-order valence-electron chi connectivity index (χ2n) is 8.95. The van der Waals surface area contributed by atoms with E-state index in [2.05, 4.69) is 15.3 Å². The number of ether oxygens (including phenoxy) is 3. The van der Waals surface area contributed by atoms with Gasteiger partial charge < -0.3 is 19.5 Å². The van der Waals surface area contributed by atoms with Gasteiger partial charge in [-0.05, 0) is 57.4 Å². The highest BCUT2D eigenvalue weighted by molar-refractivity contribution is 5.92. The van der Waals surface area contributed by atoms with E-state index in [9.17, 15) is 18.0 Å². The minimum atomic E-state index is -4.42. The van der Waals surface area contributed by atoms with Gasteiger partial charge in [-0.25, -0.2) is 9.97 Å². The first-order chi connectivity index (χ1) is 18.1. The van der Waals surface area contributed by atoms with Crippen molar-refractivity contribution in [3.05, 3.63) is 53.3 Å². The van der Waals surface area contributed by atoms with Crippen LogP contribution in [0.3, 0.4) is 0 Å². The Balaban J connectivity index is 1.72. The number of methoxy groups -OCH3 is 1. The summed E-state index contributed by atoms with van der Waals surface area (Å²) in [6.07, 6.45) is -0.635. The van der Waals surface area contributed by atoms with Crippen LogP contribution >= 0.6 is 0 Å². The van der Waals surface area contributed by atoms with Gasteiger partial charge in [0.1, 0.15) is 11.6 Å². The summed E-state index contributed by atoms with van der Waals surface area (Å²) in [7, 11) is 1.55. The van der Waals surface area contributed by atoms with E-state index in [4.69, 9.17) is 14.2 Å². The third kappa shape index (κ3) is 7.97. The fourth-order valence-corrected chi connectivity index (χ4v) is 4.05. The van der Waals surface area contributed by atoms with Crippen LogP contribution in [0.1, 0.15) is 68.9 Å². The van der Waals surface area contributed by atoms with Crippen LogP contribution in [0.25, 0.3) is 10.9 Å². The number of halogens is 3. The van der Waals surface area contributed by atoms with E-state index < -0.39 is 17.8 Å². The van der Waals surface area contributed by atoms with Crippen molar-refractivity contribution < 1.29 is 32.2 Å². The number of hydrogen-bond acceptors (Lipinski definition) is 7. The highest BCUT2D eigenvalue weighted by atomic mass is 19.4. The fourth-order valence-electron chi connectivity index (χ4n) is 4.05. The summed E-state index contributed by atoms with van der Waals surface area (Å²) in [6.45, 7) is 6.17. The molecule has 1 atom stereocenters. The van der Waals surface area contributed by atoms with Crippen molar-refractivity contribution in [1.29, 1.82) is 0 Å². The Bertz CT molecular complexity index is 1230. The van der Waals surface area contributed by atoms with Crippen molar-refractivity contribution in [2.24, 2.45) is 0 Å². The molecule has 3 aromatic rings. The summed E-state index contributed by atoms with van der Waals surface area (Å²) in [5, 5.41) is 3.91. The number of rotatable bonds is 13. The first-order valence-corrected chi connectivity index (χ1v) is 12.7. The molecular formula is C28H34F3N3O4. The average molecular weight is 534 g/mol. The summed E-state index contributed by atoms with van der Waals surface area (Å²) in [5.74, 6) is 1.87. The van der Waals surface area contributed by atoms with Crippen LogP contribution in [0.5, 0.6) is 11.5 Å². The lowest BCUT2D eigenvalue weighted by Crippen LogP contribution is -2.12. The number of unbranched alkanes of at least 4 members (excludes halogenated alkanes) is 3. The molecule has 1 N–H and O–H groups in total. The lowest BCUT2D eigenvalue weighted by atomic mass is 10.0. The minimum Gasteiger partial charge on any atom is -0.493 e. The molecule has 0 saturated carbocycles. The molecule has 3 rings (SSSR count). The maximum Gasteiger partial charge on any atom is 0.416 e. The molecule has 0 radical (unpaired) electrons. The molecule has 0 amide bonds. The molecule has 1 aromatic heterocycles. The molecule has 0 spiro atoms. The maximum atomic E-state index is 13.2. The van der Waals surface area contributed by atoms with E-state index >= 15 is 0 Å². The van der Waals surface area contributed by atoms with E-state index in [0.29, 0.717) is 59.2 Å². The third-order valence-corrected chi connectivity index (χ3v) is 6.00. The number of esters is 1. The maximum absolute atomic E-state index is 13.2. The molecule has 0 aliphatic carbocycles. The van der Waals surface area contributed by atoms with Gasteiger partial charge in [-0.15, -0.1) is 0 Å².